The van der Waals surface area contributed by atoms with E-state index in [9.17, 15) is 9.59 Å². The lowest BCUT2D eigenvalue weighted by Crippen LogP contribution is -2.24. The fourth-order valence-electron chi connectivity index (χ4n) is 3.21. The molecule has 7 heteroatoms. The van der Waals surface area contributed by atoms with Crippen molar-refractivity contribution in [2.45, 2.75) is 13.1 Å². The normalized spacial score (nSPS) is 13.8. The van der Waals surface area contributed by atoms with Crippen LogP contribution in [0.5, 0.6) is 0 Å². The van der Waals surface area contributed by atoms with E-state index in [4.69, 9.17) is 0 Å². The predicted octanol–water partition coefficient (Wildman–Crippen LogP) is 2.62. The predicted molar refractivity (Wildman–Crippen MR) is 92.1 cm³/mol. The second kappa shape index (κ2) is 4.78. The molecule has 1 aromatic carbocycles. The Morgan fingerprint density at radius 1 is 1.21 bits per heavy atom. The zero-order valence-corrected chi connectivity index (χ0v) is 13.3. The minimum absolute atomic E-state index is 0.0516. The van der Waals surface area contributed by atoms with Crippen LogP contribution >= 0.6 is 11.3 Å². The summed E-state index contributed by atoms with van der Waals surface area (Å²) in [5.41, 5.74) is 2.66. The lowest BCUT2D eigenvalue weighted by Gasteiger charge is -2.13. The molecule has 0 radical (unpaired) electrons. The maximum absolute atomic E-state index is 12.8. The number of pyridine rings is 1. The maximum atomic E-state index is 12.8. The number of carbonyl (C=O) groups is 1. The monoisotopic (exact) mass is 336 g/mol. The third-order valence-electron chi connectivity index (χ3n) is 4.41. The van der Waals surface area contributed by atoms with Crippen LogP contribution < -0.4 is 5.56 Å². The molecular formula is C17H12N4O2S. The van der Waals surface area contributed by atoms with E-state index in [1.54, 1.807) is 17.2 Å². The topological polar surface area (TPSA) is 81.8 Å². The van der Waals surface area contributed by atoms with Crippen LogP contribution in [0.4, 0.5) is 0 Å². The summed E-state index contributed by atoms with van der Waals surface area (Å²) < 4.78 is 0.858. The number of para-hydroxylation sites is 1. The number of aromatic amines is 2. The quantitative estimate of drug-likeness (QED) is 0.560. The second-order valence-corrected chi connectivity index (χ2v) is 6.94. The Balaban J connectivity index is 1.62. The van der Waals surface area contributed by atoms with Crippen LogP contribution in [0, 0.1) is 0 Å². The molecule has 0 atom stereocenters. The average molecular weight is 336 g/mol. The van der Waals surface area contributed by atoms with Crippen LogP contribution in [-0.2, 0) is 13.1 Å². The highest BCUT2D eigenvalue weighted by Crippen LogP contribution is 2.31. The first-order chi connectivity index (χ1) is 11.7. The number of thiophene rings is 1. The largest absolute Gasteiger partial charge is 0.328 e. The van der Waals surface area contributed by atoms with Gasteiger partial charge in [0.2, 0.25) is 0 Å². The zero-order valence-electron chi connectivity index (χ0n) is 12.5. The molecule has 4 heterocycles. The molecule has 0 bridgehead atoms. The standard InChI is InChI=1S/C17H12N4O2S/c22-16-11-5-14(17(23)21-7-9-6-18-20-13(9)8-21)24-15(11)10-3-1-2-4-12(10)19-16/h1-6H,7-8H2,(H,18,20)(H,19,22). The van der Waals surface area contributed by atoms with Gasteiger partial charge in [-0.25, -0.2) is 0 Å². The van der Waals surface area contributed by atoms with Gasteiger partial charge >= 0.3 is 0 Å². The fourth-order valence-corrected chi connectivity index (χ4v) is 4.37. The number of H-pyrrole nitrogens is 2. The van der Waals surface area contributed by atoms with E-state index in [2.05, 4.69) is 15.2 Å². The third-order valence-corrected chi connectivity index (χ3v) is 5.57. The lowest BCUT2D eigenvalue weighted by atomic mass is 10.2. The number of benzene rings is 1. The van der Waals surface area contributed by atoms with E-state index in [-0.39, 0.29) is 11.5 Å². The van der Waals surface area contributed by atoms with E-state index in [0.29, 0.717) is 23.4 Å². The van der Waals surface area contributed by atoms with Gasteiger partial charge in [0.25, 0.3) is 11.5 Å². The number of hydrogen-bond donors (Lipinski definition) is 2. The molecule has 0 fully saturated rings. The van der Waals surface area contributed by atoms with Crippen LogP contribution in [0.1, 0.15) is 20.9 Å². The summed E-state index contributed by atoms with van der Waals surface area (Å²) in [5, 5.41) is 8.44. The number of nitrogens with one attached hydrogen (secondary N) is 2. The van der Waals surface area contributed by atoms with Gasteiger partial charge in [-0.2, -0.15) is 5.10 Å². The summed E-state index contributed by atoms with van der Waals surface area (Å²) in [7, 11) is 0. The van der Waals surface area contributed by atoms with E-state index in [1.807, 2.05) is 24.3 Å². The first-order valence-electron chi connectivity index (χ1n) is 7.55. The van der Waals surface area contributed by atoms with Gasteiger partial charge in [-0.1, -0.05) is 18.2 Å². The molecule has 1 aliphatic rings. The molecule has 0 saturated heterocycles. The number of carbonyl (C=O) groups excluding carboxylic acids is 1. The van der Waals surface area contributed by atoms with Crippen molar-refractivity contribution in [3.8, 4) is 0 Å². The first kappa shape index (κ1) is 13.5. The molecule has 118 valence electrons. The molecule has 0 spiro atoms. The van der Waals surface area contributed by atoms with Gasteiger partial charge in [0, 0.05) is 27.7 Å². The van der Waals surface area contributed by atoms with Crippen molar-refractivity contribution < 1.29 is 4.79 Å². The molecule has 3 aromatic heterocycles. The molecule has 0 saturated carbocycles. The van der Waals surface area contributed by atoms with Crippen molar-refractivity contribution in [2.24, 2.45) is 0 Å². The Hall–Kier alpha value is -2.93. The highest BCUT2D eigenvalue weighted by atomic mass is 32.1. The zero-order chi connectivity index (χ0) is 16.3. The van der Waals surface area contributed by atoms with Crippen molar-refractivity contribution in [3.05, 3.63) is 63.0 Å². The summed E-state index contributed by atoms with van der Waals surface area (Å²) >= 11 is 1.38. The van der Waals surface area contributed by atoms with Gasteiger partial charge in [-0.05, 0) is 12.1 Å². The Labute approximate surface area is 139 Å². The molecule has 1 aliphatic heterocycles. The van der Waals surface area contributed by atoms with E-state index in [0.717, 1.165) is 26.9 Å². The van der Waals surface area contributed by atoms with E-state index >= 15 is 0 Å². The minimum Gasteiger partial charge on any atom is -0.328 e. The van der Waals surface area contributed by atoms with Crippen LogP contribution in [0.15, 0.2) is 41.3 Å². The Kier molecular flexibility index (Phi) is 2.69. The van der Waals surface area contributed by atoms with Crippen molar-refractivity contribution in [1.82, 2.24) is 20.1 Å². The number of amides is 1. The lowest BCUT2D eigenvalue weighted by molar-refractivity contribution is 0.0754. The summed E-state index contributed by atoms with van der Waals surface area (Å²) in [6.45, 7) is 1.08. The van der Waals surface area contributed by atoms with Crippen molar-refractivity contribution in [3.63, 3.8) is 0 Å². The van der Waals surface area contributed by atoms with Gasteiger partial charge in [0.15, 0.2) is 0 Å². The minimum atomic E-state index is -0.158. The molecule has 4 aromatic rings. The van der Waals surface area contributed by atoms with Crippen LogP contribution in [-0.4, -0.2) is 26.0 Å². The highest BCUT2D eigenvalue weighted by Gasteiger charge is 2.27. The van der Waals surface area contributed by atoms with Crippen LogP contribution in [0.2, 0.25) is 0 Å². The summed E-state index contributed by atoms with van der Waals surface area (Å²) in [4.78, 5) is 30.4. The molecule has 0 unspecified atom stereocenters. The molecular weight excluding hydrogens is 324 g/mol. The van der Waals surface area contributed by atoms with Gasteiger partial charge in [0.1, 0.15) is 0 Å². The van der Waals surface area contributed by atoms with E-state index < -0.39 is 0 Å². The third kappa shape index (κ3) is 1.85. The van der Waals surface area contributed by atoms with Gasteiger partial charge in [-0.15, -0.1) is 11.3 Å². The smallest absolute Gasteiger partial charge is 0.264 e. The van der Waals surface area contributed by atoms with E-state index in [1.165, 1.54) is 11.3 Å². The summed E-state index contributed by atoms with van der Waals surface area (Å²) in [5.74, 6) is -0.0516. The number of rotatable bonds is 1. The van der Waals surface area contributed by atoms with Crippen LogP contribution in [0.25, 0.3) is 21.0 Å². The maximum Gasteiger partial charge on any atom is 0.264 e. The van der Waals surface area contributed by atoms with Gasteiger partial charge in [-0.3, -0.25) is 14.7 Å². The van der Waals surface area contributed by atoms with Crippen molar-refractivity contribution in [2.75, 3.05) is 0 Å². The number of fused-ring (bicyclic) bond motifs is 4. The SMILES string of the molecule is O=C(c1cc2c(=O)[nH]c3ccccc3c2s1)N1Cc2cn[nH]c2C1. The van der Waals surface area contributed by atoms with Crippen molar-refractivity contribution >= 4 is 38.2 Å². The average Bonchev–Trinajstić information content (AvgIpc) is 3.28. The molecule has 24 heavy (non-hydrogen) atoms. The molecule has 2 N–H and O–H groups in total. The first-order valence-corrected chi connectivity index (χ1v) is 8.37. The van der Waals surface area contributed by atoms with Crippen molar-refractivity contribution in [1.29, 1.82) is 0 Å². The van der Waals surface area contributed by atoms with Gasteiger partial charge < -0.3 is 9.88 Å². The Morgan fingerprint density at radius 2 is 2.08 bits per heavy atom. The van der Waals surface area contributed by atoms with Crippen LogP contribution in [0.3, 0.4) is 0 Å². The number of nitrogens with zero attached hydrogens (tertiary/aromatic N) is 2. The summed E-state index contributed by atoms with van der Waals surface area (Å²) in [6.07, 6.45) is 1.76. The second-order valence-electron chi connectivity index (χ2n) is 5.89. The molecule has 6 nitrogen and oxygen atoms in total. The Morgan fingerprint density at radius 3 is 2.96 bits per heavy atom. The number of hydrogen-bond acceptors (Lipinski definition) is 4. The summed E-state index contributed by atoms with van der Waals surface area (Å²) in [6, 6.07) is 9.36. The molecule has 1 amide bonds. The number of aromatic nitrogens is 3. The molecule has 5 rings (SSSR count). The van der Waals surface area contributed by atoms with Gasteiger partial charge in [0.05, 0.1) is 28.7 Å². The highest BCUT2D eigenvalue weighted by molar-refractivity contribution is 7.21. The fraction of sp³-hybridized carbons (Fsp3) is 0.118. The molecule has 0 aliphatic carbocycles. The Bertz CT molecular complexity index is 1150.